The van der Waals surface area contributed by atoms with Crippen LogP contribution in [0.2, 0.25) is 0 Å². The molecule has 10 rings (SSSR count). The molecule has 0 heterocycles. The van der Waals surface area contributed by atoms with Gasteiger partial charge in [0.05, 0.1) is 36.6 Å². The number of nitrogens with two attached hydrogens (primary N) is 1. The molecule has 2 fully saturated rings. The monoisotopic (exact) mass is 1230 g/mol. The van der Waals surface area contributed by atoms with Gasteiger partial charge in [-0.3, -0.25) is 28.8 Å². The molecule has 8 aromatic carbocycles. The van der Waals surface area contributed by atoms with Crippen molar-refractivity contribution >= 4 is 48.2 Å². The lowest BCUT2D eigenvalue weighted by Gasteiger charge is -2.30. The molecule has 13 nitrogen and oxygen atoms in total. The summed E-state index contributed by atoms with van der Waals surface area (Å²) in [6.45, 7) is 0.822. The van der Waals surface area contributed by atoms with Crippen molar-refractivity contribution in [3.05, 3.63) is 264 Å². The lowest BCUT2D eigenvalue weighted by atomic mass is 9.91. The fraction of sp³-hybridized carbons (Fsp3) is 0.289. The molecule has 1 amide bonds. The third-order valence-corrected chi connectivity index (χ3v) is 16.1. The predicted octanol–water partition coefficient (Wildman–Crippen LogP) is 14.8. The maximum atomic E-state index is 13.5. The molecule has 0 aromatic heterocycles. The van der Waals surface area contributed by atoms with Crippen LogP contribution in [0.1, 0.15) is 110 Å². The Morgan fingerprint density at radius 1 is 0.389 bits per heavy atom. The lowest BCUT2D eigenvalue weighted by Crippen LogP contribution is -2.48. The van der Waals surface area contributed by atoms with E-state index in [-0.39, 0.29) is 74.9 Å². The fourth-order valence-corrected chi connectivity index (χ4v) is 11.2. The first kappa shape index (κ1) is 68.3. The number of rotatable bonds is 25. The van der Waals surface area contributed by atoms with E-state index in [0.717, 1.165) is 94.2 Å². The highest BCUT2D eigenvalue weighted by molar-refractivity contribution is 5.86. The Morgan fingerprint density at radius 3 is 1.07 bits per heavy atom. The number of ether oxygens (including phenoxy) is 4. The van der Waals surface area contributed by atoms with Gasteiger partial charge in [0.25, 0.3) is 0 Å². The van der Waals surface area contributed by atoms with Crippen LogP contribution < -0.4 is 11.1 Å². The normalized spacial score (nSPS) is 14.0. The molecule has 0 spiro atoms. The van der Waals surface area contributed by atoms with E-state index in [1.54, 1.807) is 0 Å². The Morgan fingerprint density at radius 2 is 0.700 bits per heavy atom. The number of nitrogens with one attached hydrogen (secondary N) is 1. The number of esters is 4. The summed E-state index contributed by atoms with van der Waals surface area (Å²) in [6, 6.07) is 74.1. The number of carboxylic acids is 1. The molecule has 2 aliphatic carbocycles. The largest absolute Gasteiger partial charge is 0.481 e. The van der Waals surface area contributed by atoms with E-state index in [1.165, 1.54) is 0 Å². The van der Waals surface area contributed by atoms with E-state index < -0.39 is 35.3 Å². The Kier molecular flexibility index (Phi) is 27.1. The molecule has 2 aliphatic rings. The Balaban J connectivity index is 0.000000213. The van der Waals surface area contributed by atoms with Crippen LogP contribution in [0.4, 0.5) is 0 Å². The zero-order chi connectivity index (χ0) is 62.5. The van der Waals surface area contributed by atoms with Gasteiger partial charge < -0.3 is 35.1 Å². The molecule has 4 N–H and O–H groups in total. The molecule has 0 aliphatic heterocycles. The zero-order valence-corrected chi connectivity index (χ0v) is 51.7. The molecular weight excluding hydrogens is 1150 g/mol. The number of amides is 1. The maximum absolute atomic E-state index is 13.5. The molecule has 468 valence electrons. The number of carboxylic acid groups (broad SMARTS) is 1. The number of hydrogen-bond acceptors (Lipinski definition) is 11. The quantitative estimate of drug-likeness (QED) is 0.0362. The van der Waals surface area contributed by atoms with Gasteiger partial charge in [-0.1, -0.05) is 256 Å². The maximum Gasteiger partial charge on any atom is 0.310 e. The SMILES string of the molecule is Cl.NC1(CC(=O)OCc2ccccc2)CCCC1.O=C(CC(Cc1ccc(-c2ccccc2)cc1)C(=O)OCc1ccccc1)NC1(CC(=O)OCc2ccccc2)CCCC1.O=C(O)CC(Cc1ccc(-c2ccccc2)cc1)C(=O)OCc1ccccc1. The van der Waals surface area contributed by atoms with Gasteiger partial charge in [-0.2, -0.15) is 0 Å². The van der Waals surface area contributed by atoms with E-state index in [4.69, 9.17) is 24.7 Å². The van der Waals surface area contributed by atoms with Crippen molar-refractivity contribution in [1.29, 1.82) is 0 Å². The number of carbonyl (C=O) groups excluding carboxylic acids is 5. The van der Waals surface area contributed by atoms with Crippen molar-refractivity contribution in [1.82, 2.24) is 5.32 Å². The van der Waals surface area contributed by atoms with Gasteiger partial charge in [0, 0.05) is 12.0 Å². The van der Waals surface area contributed by atoms with E-state index in [2.05, 4.69) is 17.4 Å². The lowest BCUT2D eigenvalue weighted by molar-refractivity contribution is -0.154. The van der Waals surface area contributed by atoms with Crippen molar-refractivity contribution in [3.63, 3.8) is 0 Å². The number of benzene rings is 8. The summed E-state index contributed by atoms with van der Waals surface area (Å²) < 4.78 is 21.8. The molecule has 0 bridgehead atoms. The molecule has 14 heteroatoms. The van der Waals surface area contributed by atoms with Crippen LogP contribution in [-0.4, -0.2) is 51.9 Å². The number of hydrogen-bond donors (Lipinski definition) is 3. The van der Waals surface area contributed by atoms with Crippen molar-refractivity contribution in [2.45, 2.75) is 127 Å². The van der Waals surface area contributed by atoms with Gasteiger partial charge in [-0.15, -0.1) is 12.4 Å². The van der Waals surface area contributed by atoms with Gasteiger partial charge in [0.15, 0.2) is 0 Å². The number of halogens is 1. The molecular formula is C76H81ClN2O11. The van der Waals surface area contributed by atoms with Crippen molar-refractivity contribution in [2.24, 2.45) is 17.6 Å². The average Bonchev–Trinajstić information content (AvgIpc) is 2.74. The predicted molar refractivity (Wildman–Crippen MR) is 351 cm³/mol. The molecule has 2 unspecified atom stereocenters. The Labute approximate surface area is 534 Å². The summed E-state index contributed by atoms with van der Waals surface area (Å²) in [6.07, 6.45) is 8.22. The second kappa shape index (κ2) is 35.7. The molecule has 0 saturated heterocycles. The molecule has 90 heavy (non-hydrogen) atoms. The number of carbonyl (C=O) groups is 6. The van der Waals surface area contributed by atoms with Crippen LogP contribution in [0.3, 0.4) is 0 Å². The van der Waals surface area contributed by atoms with Crippen LogP contribution in [0.15, 0.2) is 231 Å². The summed E-state index contributed by atoms with van der Waals surface area (Å²) in [5.74, 6) is -4.09. The molecule has 0 radical (unpaired) electrons. The summed E-state index contributed by atoms with van der Waals surface area (Å²) >= 11 is 0. The summed E-state index contributed by atoms with van der Waals surface area (Å²) in [4.78, 5) is 75.1. The van der Waals surface area contributed by atoms with Crippen LogP contribution in [0.5, 0.6) is 0 Å². The van der Waals surface area contributed by atoms with Crippen LogP contribution in [0, 0.1) is 11.8 Å². The highest BCUT2D eigenvalue weighted by atomic mass is 35.5. The minimum Gasteiger partial charge on any atom is -0.481 e. The van der Waals surface area contributed by atoms with Gasteiger partial charge in [-0.05, 0) is 94.2 Å². The Bertz CT molecular complexity index is 3460. The van der Waals surface area contributed by atoms with Crippen molar-refractivity contribution < 1.29 is 52.8 Å². The molecule has 2 atom stereocenters. The first-order valence-electron chi connectivity index (χ1n) is 30.7. The average molecular weight is 1230 g/mol. The summed E-state index contributed by atoms with van der Waals surface area (Å²) in [5.41, 5.74) is 15.1. The van der Waals surface area contributed by atoms with Crippen LogP contribution in [-0.2, 0) is 87.0 Å². The van der Waals surface area contributed by atoms with Crippen molar-refractivity contribution in [2.75, 3.05) is 0 Å². The first-order valence-corrected chi connectivity index (χ1v) is 30.7. The third-order valence-electron chi connectivity index (χ3n) is 16.1. The van der Waals surface area contributed by atoms with Gasteiger partial charge in [-0.25, -0.2) is 0 Å². The highest BCUT2D eigenvalue weighted by Gasteiger charge is 2.39. The van der Waals surface area contributed by atoms with E-state index >= 15 is 0 Å². The second-order valence-electron chi connectivity index (χ2n) is 23.2. The van der Waals surface area contributed by atoms with E-state index in [1.807, 2.05) is 218 Å². The second-order valence-corrected chi connectivity index (χ2v) is 23.2. The third kappa shape index (κ3) is 23.1. The standard InChI is InChI=1S/C38H39NO5.C24H22O4.C14H19NO2.ClH/c40-35(39-38(22-10-11-23-38)26-36(41)43-27-30-12-4-1-5-13-30)25-34(37(42)44-28-31-14-6-2-7-15-31)24-29-18-20-33(21-19-29)32-16-8-3-9-17-32;25-23(26)16-22(24(27)28-17-19-7-3-1-4-8-19)15-18-11-13-21(14-12-18)20-9-5-2-6-10-20;15-14(8-4-5-9-14)10-13(16)17-11-12-6-2-1-3-7-12;/h1-9,12-21,34H,10-11,22-28H2,(H,39,40);1-14,22H,15-17H2,(H,25,26);1-3,6-7H,4-5,8-11,15H2;1H. The van der Waals surface area contributed by atoms with Gasteiger partial charge >= 0.3 is 29.8 Å². The summed E-state index contributed by atoms with van der Waals surface area (Å²) in [7, 11) is 0. The molecule has 8 aromatic rings. The molecule has 2 saturated carbocycles. The highest BCUT2D eigenvalue weighted by Crippen LogP contribution is 2.34. The fourth-order valence-electron chi connectivity index (χ4n) is 11.2. The zero-order valence-electron chi connectivity index (χ0n) is 50.8. The van der Waals surface area contributed by atoms with Gasteiger partial charge in [0.1, 0.15) is 26.4 Å². The Hall–Kier alpha value is -9.17. The van der Waals surface area contributed by atoms with Gasteiger partial charge in [0.2, 0.25) is 5.91 Å². The first-order chi connectivity index (χ1) is 43.3. The minimum absolute atomic E-state index is 0. The van der Waals surface area contributed by atoms with E-state index in [9.17, 15) is 33.9 Å². The minimum atomic E-state index is -1.01. The van der Waals surface area contributed by atoms with Crippen LogP contribution >= 0.6 is 12.4 Å². The van der Waals surface area contributed by atoms with Crippen molar-refractivity contribution in [3.8, 4) is 22.3 Å². The smallest absolute Gasteiger partial charge is 0.310 e. The summed E-state index contributed by atoms with van der Waals surface area (Å²) in [5, 5.41) is 12.3. The van der Waals surface area contributed by atoms with Crippen LogP contribution in [0.25, 0.3) is 22.3 Å². The topological polar surface area (TPSA) is 198 Å². The number of aliphatic carboxylic acids is 1. The van der Waals surface area contributed by atoms with E-state index in [0.29, 0.717) is 38.7 Å².